The summed E-state index contributed by atoms with van der Waals surface area (Å²) in [6.45, 7) is 5.06. The summed E-state index contributed by atoms with van der Waals surface area (Å²) in [6, 6.07) is 11.5. The smallest absolute Gasteiger partial charge is 0.222 e. The molecule has 0 saturated carbocycles. The van der Waals surface area contributed by atoms with Crippen LogP contribution in [0.3, 0.4) is 0 Å². The Morgan fingerprint density at radius 2 is 1.79 bits per heavy atom. The number of carbonyl (C=O) groups is 1. The third-order valence-electron chi connectivity index (χ3n) is 4.40. The summed E-state index contributed by atoms with van der Waals surface area (Å²) in [7, 11) is 0. The van der Waals surface area contributed by atoms with E-state index in [1.807, 2.05) is 6.92 Å². The molecule has 2 aliphatic rings. The largest absolute Gasteiger partial charge is 0.334 e. The minimum absolute atomic E-state index is 0.340. The fourth-order valence-electron chi connectivity index (χ4n) is 3.55. The summed E-state index contributed by atoms with van der Waals surface area (Å²) in [4.78, 5) is 16.7. The van der Waals surface area contributed by atoms with Crippen molar-refractivity contribution in [1.29, 1.82) is 0 Å². The Bertz CT molecular complexity index is 431. The molecule has 2 heterocycles. The molecule has 3 nitrogen and oxygen atoms in total. The summed E-state index contributed by atoms with van der Waals surface area (Å²) in [6.07, 6.45) is 3.01. The molecule has 2 saturated heterocycles. The van der Waals surface area contributed by atoms with Crippen LogP contribution in [-0.2, 0) is 11.3 Å². The van der Waals surface area contributed by atoms with E-state index in [9.17, 15) is 4.79 Å². The lowest BCUT2D eigenvalue weighted by molar-refractivity contribution is -0.136. The Kier molecular flexibility index (Phi) is 3.56. The normalized spacial score (nSPS) is 26.7. The van der Waals surface area contributed by atoms with Crippen LogP contribution in [0.15, 0.2) is 30.3 Å². The van der Waals surface area contributed by atoms with Crippen molar-refractivity contribution in [3.8, 4) is 0 Å². The Balaban J connectivity index is 1.66. The number of hydrogen-bond acceptors (Lipinski definition) is 2. The van der Waals surface area contributed by atoms with Gasteiger partial charge in [-0.15, -0.1) is 0 Å². The molecule has 0 aliphatic carbocycles. The van der Waals surface area contributed by atoms with Gasteiger partial charge in [0.1, 0.15) is 0 Å². The van der Waals surface area contributed by atoms with Crippen LogP contribution < -0.4 is 0 Å². The highest BCUT2D eigenvalue weighted by Crippen LogP contribution is 2.31. The molecule has 3 rings (SSSR count). The quantitative estimate of drug-likeness (QED) is 0.830. The fourth-order valence-corrected chi connectivity index (χ4v) is 3.55. The van der Waals surface area contributed by atoms with Crippen LogP contribution in [-0.4, -0.2) is 40.9 Å². The van der Waals surface area contributed by atoms with Crippen molar-refractivity contribution in [3.63, 3.8) is 0 Å². The van der Waals surface area contributed by atoms with Crippen molar-refractivity contribution < 1.29 is 4.79 Å². The van der Waals surface area contributed by atoms with E-state index >= 15 is 0 Å². The van der Waals surface area contributed by atoms with Crippen molar-refractivity contribution in [2.24, 2.45) is 0 Å². The zero-order chi connectivity index (χ0) is 13.2. The van der Waals surface area contributed by atoms with Gasteiger partial charge in [0.15, 0.2) is 0 Å². The number of nitrogens with zero attached hydrogens (tertiary/aromatic N) is 2. The third kappa shape index (κ3) is 2.52. The highest BCUT2D eigenvalue weighted by Gasteiger charge is 2.41. The van der Waals surface area contributed by atoms with Gasteiger partial charge in [0.25, 0.3) is 0 Å². The molecular formula is C16H22N2O. The maximum Gasteiger partial charge on any atom is 0.222 e. The molecule has 0 N–H and O–H groups in total. The Morgan fingerprint density at radius 1 is 1.16 bits per heavy atom. The number of hydrogen-bond donors (Lipinski definition) is 0. The molecule has 1 aromatic carbocycles. The van der Waals surface area contributed by atoms with E-state index in [2.05, 4.69) is 40.1 Å². The molecule has 3 heteroatoms. The SMILES string of the molecule is CCC(=O)N1[C@H]2CC[C@H]1CN(Cc1ccccc1)C2. The van der Waals surface area contributed by atoms with E-state index in [0.717, 1.165) is 19.6 Å². The van der Waals surface area contributed by atoms with Gasteiger partial charge in [0.2, 0.25) is 5.91 Å². The number of rotatable bonds is 3. The Labute approximate surface area is 115 Å². The Morgan fingerprint density at radius 3 is 2.37 bits per heavy atom. The van der Waals surface area contributed by atoms with Crippen molar-refractivity contribution >= 4 is 5.91 Å². The number of benzene rings is 1. The average molecular weight is 258 g/mol. The molecule has 102 valence electrons. The zero-order valence-corrected chi connectivity index (χ0v) is 11.6. The van der Waals surface area contributed by atoms with Gasteiger partial charge in [0.05, 0.1) is 0 Å². The molecular weight excluding hydrogens is 236 g/mol. The van der Waals surface area contributed by atoms with E-state index in [0.29, 0.717) is 24.4 Å². The molecule has 0 unspecified atom stereocenters. The Hall–Kier alpha value is -1.35. The standard InChI is InChI=1S/C16H22N2O/c1-2-16(19)18-14-8-9-15(18)12-17(11-14)10-13-6-4-3-5-7-13/h3-7,14-15H,2,8-12H2,1H3/t14-,15-/m0/s1. The minimum atomic E-state index is 0.340. The monoisotopic (exact) mass is 258 g/mol. The van der Waals surface area contributed by atoms with Gasteiger partial charge in [-0.2, -0.15) is 0 Å². The third-order valence-corrected chi connectivity index (χ3v) is 4.40. The average Bonchev–Trinajstić information content (AvgIpc) is 2.71. The number of likely N-dealkylation sites (tertiary alicyclic amines) is 1. The van der Waals surface area contributed by atoms with Crippen LogP contribution >= 0.6 is 0 Å². The van der Waals surface area contributed by atoms with Gasteiger partial charge >= 0.3 is 0 Å². The van der Waals surface area contributed by atoms with Crippen molar-refractivity contribution in [1.82, 2.24) is 9.80 Å². The summed E-state index contributed by atoms with van der Waals surface area (Å²) < 4.78 is 0. The number of carbonyl (C=O) groups excluding carboxylic acids is 1. The lowest BCUT2D eigenvalue weighted by Crippen LogP contribution is -2.55. The molecule has 2 aliphatic heterocycles. The van der Waals surface area contributed by atoms with Crippen molar-refractivity contribution in [2.45, 2.75) is 44.8 Å². The molecule has 1 aromatic rings. The van der Waals surface area contributed by atoms with Crippen LogP contribution in [0.1, 0.15) is 31.7 Å². The predicted molar refractivity (Wildman–Crippen MR) is 75.7 cm³/mol. The number of amides is 1. The molecule has 19 heavy (non-hydrogen) atoms. The van der Waals surface area contributed by atoms with Crippen LogP contribution in [0, 0.1) is 0 Å². The number of piperazine rings is 1. The van der Waals surface area contributed by atoms with Crippen molar-refractivity contribution in [2.75, 3.05) is 13.1 Å². The zero-order valence-electron chi connectivity index (χ0n) is 11.6. The molecule has 2 bridgehead atoms. The van der Waals surface area contributed by atoms with Gasteiger partial charge in [-0.3, -0.25) is 9.69 Å². The lowest BCUT2D eigenvalue weighted by Gasteiger charge is -2.41. The molecule has 0 spiro atoms. The number of fused-ring (bicyclic) bond motifs is 2. The van der Waals surface area contributed by atoms with E-state index < -0.39 is 0 Å². The van der Waals surface area contributed by atoms with Gasteiger partial charge < -0.3 is 4.90 Å². The van der Waals surface area contributed by atoms with Crippen LogP contribution in [0.2, 0.25) is 0 Å². The maximum atomic E-state index is 12.0. The van der Waals surface area contributed by atoms with E-state index in [-0.39, 0.29) is 0 Å². The molecule has 0 radical (unpaired) electrons. The summed E-state index contributed by atoms with van der Waals surface area (Å²) >= 11 is 0. The van der Waals surface area contributed by atoms with E-state index in [4.69, 9.17) is 0 Å². The van der Waals surface area contributed by atoms with Crippen LogP contribution in [0.4, 0.5) is 0 Å². The van der Waals surface area contributed by atoms with E-state index in [1.54, 1.807) is 0 Å². The van der Waals surface area contributed by atoms with Crippen molar-refractivity contribution in [3.05, 3.63) is 35.9 Å². The summed E-state index contributed by atoms with van der Waals surface area (Å²) in [5, 5.41) is 0. The second-order valence-corrected chi connectivity index (χ2v) is 5.72. The van der Waals surface area contributed by atoms with Crippen LogP contribution in [0.25, 0.3) is 0 Å². The van der Waals surface area contributed by atoms with Crippen LogP contribution in [0.5, 0.6) is 0 Å². The van der Waals surface area contributed by atoms with Gasteiger partial charge in [-0.05, 0) is 18.4 Å². The second kappa shape index (κ2) is 5.33. The topological polar surface area (TPSA) is 23.6 Å². The molecule has 2 fully saturated rings. The highest BCUT2D eigenvalue weighted by atomic mass is 16.2. The maximum absolute atomic E-state index is 12.0. The first-order chi connectivity index (χ1) is 9.28. The van der Waals surface area contributed by atoms with Gasteiger partial charge in [0, 0.05) is 38.1 Å². The second-order valence-electron chi connectivity index (χ2n) is 5.72. The lowest BCUT2D eigenvalue weighted by atomic mass is 10.1. The molecule has 2 atom stereocenters. The summed E-state index contributed by atoms with van der Waals surface area (Å²) in [5.41, 5.74) is 1.37. The fraction of sp³-hybridized carbons (Fsp3) is 0.562. The van der Waals surface area contributed by atoms with Gasteiger partial charge in [-0.1, -0.05) is 37.3 Å². The minimum Gasteiger partial charge on any atom is -0.334 e. The molecule has 1 amide bonds. The molecule has 0 aromatic heterocycles. The first-order valence-corrected chi connectivity index (χ1v) is 7.35. The van der Waals surface area contributed by atoms with E-state index in [1.165, 1.54) is 18.4 Å². The highest BCUT2D eigenvalue weighted by molar-refractivity contribution is 5.77. The predicted octanol–water partition coefficient (Wildman–Crippen LogP) is 2.27. The van der Waals surface area contributed by atoms with Gasteiger partial charge in [-0.25, -0.2) is 0 Å². The summed E-state index contributed by atoms with van der Waals surface area (Å²) in [5.74, 6) is 0.340. The first-order valence-electron chi connectivity index (χ1n) is 7.35. The first kappa shape index (κ1) is 12.7.